The van der Waals surface area contributed by atoms with Crippen LogP contribution in [0, 0.1) is 0 Å². The number of likely N-dealkylation sites (N-methyl/N-ethyl adjacent to an activating group) is 1. The van der Waals surface area contributed by atoms with E-state index in [4.69, 9.17) is 0 Å². The average Bonchev–Trinajstić information content (AvgIpc) is 2.15. The van der Waals surface area contributed by atoms with Crippen molar-refractivity contribution >= 4 is 0 Å². The molecule has 1 aromatic carbocycles. The number of rotatable bonds is 3. The summed E-state index contributed by atoms with van der Waals surface area (Å²) in [6.45, 7) is 3.40. The van der Waals surface area contributed by atoms with Crippen LogP contribution in [-0.4, -0.2) is 32.1 Å². The Bertz CT molecular complexity index is 303. The third-order valence-corrected chi connectivity index (χ3v) is 2.93. The first-order chi connectivity index (χ1) is 6.81. The maximum absolute atomic E-state index is 3.23. The van der Waals surface area contributed by atoms with Gasteiger partial charge < -0.3 is 10.2 Å². The Morgan fingerprint density at radius 1 is 1.36 bits per heavy atom. The Morgan fingerprint density at radius 2 is 2.07 bits per heavy atom. The lowest BCUT2D eigenvalue weighted by Crippen LogP contribution is -2.42. The summed E-state index contributed by atoms with van der Waals surface area (Å²) < 4.78 is 0. The number of hydrogen-bond donors (Lipinski definition) is 1. The lowest BCUT2D eigenvalue weighted by Gasteiger charge is -2.37. The smallest absolute Gasteiger partial charge is 0.0205 e. The van der Waals surface area contributed by atoms with Gasteiger partial charge >= 0.3 is 0 Å². The van der Waals surface area contributed by atoms with E-state index in [-0.39, 0.29) is 0 Å². The van der Waals surface area contributed by atoms with Crippen molar-refractivity contribution in [3.63, 3.8) is 0 Å². The van der Waals surface area contributed by atoms with Gasteiger partial charge in [0, 0.05) is 25.6 Å². The molecule has 2 rings (SSSR count). The second-order valence-electron chi connectivity index (χ2n) is 4.15. The number of hydrogen-bond acceptors (Lipinski definition) is 2. The van der Waals surface area contributed by atoms with Crippen LogP contribution in [0.2, 0.25) is 0 Å². The normalized spacial score (nSPS) is 18.1. The third-order valence-electron chi connectivity index (χ3n) is 2.93. The van der Waals surface area contributed by atoms with E-state index in [0.29, 0.717) is 0 Å². The lowest BCUT2D eigenvalue weighted by molar-refractivity contribution is 0.189. The molecule has 0 amide bonds. The zero-order chi connectivity index (χ0) is 9.97. The molecule has 2 heteroatoms. The summed E-state index contributed by atoms with van der Waals surface area (Å²) >= 11 is 0. The molecule has 0 spiro atoms. The van der Waals surface area contributed by atoms with Crippen molar-refractivity contribution in [2.75, 3.05) is 27.2 Å². The van der Waals surface area contributed by atoms with Crippen LogP contribution >= 0.6 is 0 Å². The summed E-state index contributed by atoms with van der Waals surface area (Å²) in [5.41, 5.74) is 2.98. The minimum atomic E-state index is 0.754. The predicted octanol–water partition coefficient (Wildman–Crippen LogP) is 1.44. The first-order valence-corrected chi connectivity index (χ1v) is 5.22. The molecule has 0 saturated carbocycles. The van der Waals surface area contributed by atoms with Crippen LogP contribution in [0.3, 0.4) is 0 Å². The van der Waals surface area contributed by atoms with Crippen molar-refractivity contribution < 1.29 is 0 Å². The number of nitrogens with zero attached hydrogens (tertiary/aromatic N) is 1. The topological polar surface area (TPSA) is 15.3 Å². The summed E-state index contributed by atoms with van der Waals surface area (Å²) in [6.07, 6.45) is 0. The van der Waals surface area contributed by atoms with E-state index in [1.165, 1.54) is 24.2 Å². The molecule has 0 bridgehead atoms. The Labute approximate surface area is 85.9 Å². The molecule has 0 radical (unpaired) electrons. The average molecular weight is 190 g/mol. The van der Waals surface area contributed by atoms with Crippen LogP contribution in [0.4, 0.5) is 0 Å². The van der Waals surface area contributed by atoms with E-state index in [1.807, 2.05) is 7.05 Å². The first-order valence-electron chi connectivity index (χ1n) is 5.22. The number of benzene rings is 1. The monoisotopic (exact) mass is 190 g/mol. The highest BCUT2D eigenvalue weighted by molar-refractivity contribution is 5.32. The summed E-state index contributed by atoms with van der Waals surface area (Å²) in [6, 6.07) is 8.76. The van der Waals surface area contributed by atoms with Gasteiger partial charge in [0.15, 0.2) is 0 Å². The van der Waals surface area contributed by atoms with Crippen molar-refractivity contribution in [1.29, 1.82) is 0 Å². The van der Waals surface area contributed by atoms with Gasteiger partial charge in [-0.15, -0.1) is 0 Å². The molecule has 76 valence electrons. The van der Waals surface area contributed by atoms with E-state index in [1.54, 1.807) is 0 Å². The second-order valence-corrected chi connectivity index (χ2v) is 4.15. The summed E-state index contributed by atoms with van der Waals surface area (Å²) in [7, 11) is 4.18. The lowest BCUT2D eigenvalue weighted by atomic mass is 9.88. The standard InChI is InChI=1S/C12H18N2/c1-13-7-10-5-3-4-6-12(10)11-8-14(2)9-11/h3-6,11,13H,7-9H2,1-2H3. The molecular formula is C12H18N2. The molecule has 14 heavy (non-hydrogen) atoms. The molecule has 1 aromatic rings. The fourth-order valence-corrected chi connectivity index (χ4v) is 2.18. The van der Waals surface area contributed by atoms with E-state index in [0.717, 1.165) is 12.5 Å². The Kier molecular flexibility index (Phi) is 2.85. The van der Waals surface area contributed by atoms with Gasteiger partial charge in [-0.3, -0.25) is 0 Å². The molecule has 1 heterocycles. The van der Waals surface area contributed by atoms with Gasteiger partial charge in [0.25, 0.3) is 0 Å². The van der Waals surface area contributed by atoms with Gasteiger partial charge in [0.1, 0.15) is 0 Å². The van der Waals surface area contributed by atoms with Crippen LogP contribution in [0.5, 0.6) is 0 Å². The molecule has 0 unspecified atom stereocenters. The summed E-state index contributed by atoms with van der Waals surface area (Å²) in [5.74, 6) is 0.754. The van der Waals surface area contributed by atoms with Crippen LogP contribution in [-0.2, 0) is 6.54 Å². The van der Waals surface area contributed by atoms with Gasteiger partial charge in [0.2, 0.25) is 0 Å². The van der Waals surface area contributed by atoms with E-state index in [9.17, 15) is 0 Å². The Hall–Kier alpha value is -0.860. The van der Waals surface area contributed by atoms with Gasteiger partial charge in [-0.2, -0.15) is 0 Å². The molecule has 0 aromatic heterocycles. The Balaban J connectivity index is 2.15. The largest absolute Gasteiger partial charge is 0.316 e. The van der Waals surface area contributed by atoms with E-state index in [2.05, 4.69) is 41.5 Å². The van der Waals surface area contributed by atoms with Crippen molar-refractivity contribution in [3.05, 3.63) is 35.4 Å². The van der Waals surface area contributed by atoms with Crippen molar-refractivity contribution in [1.82, 2.24) is 10.2 Å². The molecule has 1 saturated heterocycles. The van der Waals surface area contributed by atoms with Crippen LogP contribution < -0.4 is 5.32 Å². The molecule has 1 aliphatic rings. The quantitative estimate of drug-likeness (QED) is 0.776. The van der Waals surface area contributed by atoms with Gasteiger partial charge in [0.05, 0.1) is 0 Å². The molecule has 1 aliphatic heterocycles. The fraction of sp³-hybridized carbons (Fsp3) is 0.500. The first kappa shape index (κ1) is 9.69. The van der Waals surface area contributed by atoms with E-state index < -0.39 is 0 Å². The molecule has 1 fully saturated rings. The highest BCUT2D eigenvalue weighted by atomic mass is 15.2. The summed E-state index contributed by atoms with van der Waals surface area (Å²) in [5, 5.41) is 3.23. The predicted molar refractivity (Wildman–Crippen MR) is 59.4 cm³/mol. The van der Waals surface area contributed by atoms with Crippen LogP contribution in [0.25, 0.3) is 0 Å². The maximum atomic E-state index is 3.23. The minimum absolute atomic E-state index is 0.754. The van der Waals surface area contributed by atoms with Crippen molar-refractivity contribution in [2.24, 2.45) is 0 Å². The van der Waals surface area contributed by atoms with Crippen molar-refractivity contribution in [2.45, 2.75) is 12.5 Å². The minimum Gasteiger partial charge on any atom is -0.316 e. The Morgan fingerprint density at radius 3 is 2.71 bits per heavy atom. The molecule has 0 aliphatic carbocycles. The molecule has 1 N–H and O–H groups in total. The fourth-order valence-electron chi connectivity index (χ4n) is 2.18. The maximum Gasteiger partial charge on any atom is 0.0205 e. The van der Waals surface area contributed by atoms with Crippen molar-refractivity contribution in [3.8, 4) is 0 Å². The van der Waals surface area contributed by atoms with E-state index >= 15 is 0 Å². The zero-order valence-corrected chi connectivity index (χ0v) is 8.96. The molecule has 0 atom stereocenters. The highest BCUT2D eigenvalue weighted by Gasteiger charge is 2.25. The second kappa shape index (κ2) is 4.11. The summed E-state index contributed by atoms with van der Waals surface area (Å²) in [4.78, 5) is 2.36. The molecule has 2 nitrogen and oxygen atoms in total. The third kappa shape index (κ3) is 1.81. The SMILES string of the molecule is CNCc1ccccc1C1CN(C)C1. The zero-order valence-electron chi connectivity index (χ0n) is 8.96. The highest BCUT2D eigenvalue weighted by Crippen LogP contribution is 2.27. The van der Waals surface area contributed by atoms with Gasteiger partial charge in [-0.1, -0.05) is 24.3 Å². The van der Waals surface area contributed by atoms with Gasteiger partial charge in [-0.25, -0.2) is 0 Å². The van der Waals surface area contributed by atoms with Gasteiger partial charge in [-0.05, 0) is 25.2 Å². The number of likely N-dealkylation sites (tertiary alicyclic amines) is 1. The van der Waals surface area contributed by atoms with Crippen LogP contribution in [0.15, 0.2) is 24.3 Å². The van der Waals surface area contributed by atoms with Crippen LogP contribution in [0.1, 0.15) is 17.0 Å². The number of nitrogens with one attached hydrogen (secondary N) is 1. The molecular weight excluding hydrogens is 172 g/mol.